The monoisotopic (exact) mass is 206 g/mol. The fourth-order valence-electron chi connectivity index (χ4n) is 1.36. The number of rotatable bonds is 1. The van der Waals surface area contributed by atoms with Crippen LogP contribution in [-0.4, -0.2) is 23.2 Å². The summed E-state index contributed by atoms with van der Waals surface area (Å²) in [6, 6.07) is -0.608. The van der Waals surface area contributed by atoms with Gasteiger partial charge in [0.2, 0.25) is 5.91 Å². The summed E-state index contributed by atoms with van der Waals surface area (Å²) in [4.78, 5) is 11.5. The Bertz CT molecular complexity index is 251. The van der Waals surface area contributed by atoms with E-state index in [0.29, 0.717) is 13.0 Å². The van der Waals surface area contributed by atoms with Gasteiger partial charge in [0.25, 0.3) is 0 Å². The number of nitrogens with two attached hydrogens (primary N) is 3. The lowest BCUT2D eigenvalue weighted by Gasteiger charge is -2.25. The Morgan fingerprint density at radius 1 is 1.38 bits per heavy atom. The fraction of sp³-hybridized carbons (Fsp3) is 0.833. The number of amides is 1. The molecule has 1 atom stereocenters. The highest BCUT2D eigenvalue weighted by molar-refractivity contribution is 7.57. The molecule has 0 spiro atoms. The minimum atomic E-state index is -3.46. The molecule has 1 heterocycles. The van der Waals surface area contributed by atoms with Gasteiger partial charge in [-0.3, -0.25) is 25.0 Å². The molecule has 0 aromatic carbocycles. The Hall–Kier alpha value is -0.420. The van der Waals surface area contributed by atoms with Crippen molar-refractivity contribution in [2.45, 2.75) is 25.3 Å². The van der Waals surface area contributed by atoms with Crippen molar-refractivity contribution in [3.63, 3.8) is 0 Å². The van der Waals surface area contributed by atoms with Gasteiger partial charge in [0.05, 0.1) is 6.04 Å². The first-order valence-electron chi connectivity index (χ1n) is 4.17. The normalized spacial score (nSPS) is 25.9. The molecule has 0 unspecified atom stereocenters. The first kappa shape index (κ1) is 10.7. The average molecular weight is 206 g/mol. The van der Waals surface area contributed by atoms with Crippen LogP contribution in [0.15, 0.2) is 0 Å². The molecule has 0 bridgehead atoms. The van der Waals surface area contributed by atoms with E-state index in [4.69, 9.17) is 16.7 Å². The second-order valence-corrected chi connectivity index (χ2v) is 5.06. The van der Waals surface area contributed by atoms with Crippen LogP contribution >= 0.6 is 7.59 Å². The maximum atomic E-state index is 11.5. The van der Waals surface area contributed by atoms with Crippen LogP contribution in [0.25, 0.3) is 0 Å². The van der Waals surface area contributed by atoms with E-state index in [2.05, 4.69) is 0 Å². The fourth-order valence-corrected chi connectivity index (χ4v) is 2.27. The van der Waals surface area contributed by atoms with E-state index in [0.717, 1.165) is 17.5 Å². The van der Waals surface area contributed by atoms with Gasteiger partial charge in [-0.25, -0.2) is 0 Å². The average Bonchev–Trinajstić information content (AvgIpc) is 2.14. The molecular formula is C6H15N4O2P. The summed E-state index contributed by atoms with van der Waals surface area (Å²) in [7, 11) is -3.46. The summed E-state index contributed by atoms with van der Waals surface area (Å²) in [6.45, 7) is 0.344. The van der Waals surface area contributed by atoms with Gasteiger partial charge in [-0.2, -0.15) is 0 Å². The maximum absolute atomic E-state index is 11.5. The van der Waals surface area contributed by atoms with Gasteiger partial charge in [0, 0.05) is 6.54 Å². The number of nitrogens with zero attached hydrogens (tertiary/aromatic N) is 1. The van der Waals surface area contributed by atoms with Crippen LogP contribution < -0.4 is 16.7 Å². The van der Waals surface area contributed by atoms with Gasteiger partial charge < -0.3 is 5.73 Å². The van der Waals surface area contributed by atoms with Crippen molar-refractivity contribution >= 4 is 13.5 Å². The summed E-state index contributed by atoms with van der Waals surface area (Å²) >= 11 is 0. The summed E-state index contributed by atoms with van der Waals surface area (Å²) in [6.07, 6.45) is 2.19. The molecule has 76 valence electrons. The van der Waals surface area contributed by atoms with E-state index in [1.54, 1.807) is 0 Å². The number of hydrogen-bond acceptors (Lipinski definition) is 3. The highest BCUT2D eigenvalue weighted by atomic mass is 31.2. The van der Waals surface area contributed by atoms with Crippen molar-refractivity contribution in [3.05, 3.63) is 0 Å². The molecule has 1 fully saturated rings. The molecule has 13 heavy (non-hydrogen) atoms. The van der Waals surface area contributed by atoms with Gasteiger partial charge >= 0.3 is 7.59 Å². The summed E-state index contributed by atoms with van der Waals surface area (Å²) in [5.41, 5.74) is 16.0. The second kappa shape index (κ2) is 3.75. The van der Waals surface area contributed by atoms with Gasteiger partial charge in [-0.1, -0.05) is 0 Å². The van der Waals surface area contributed by atoms with Gasteiger partial charge in [-0.15, -0.1) is 0 Å². The molecule has 6 N–H and O–H groups in total. The largest absolute Gasteiger partial charge is 0.320 e. The smallest absolute Gasteiger partial charge is 0.302 e. The third-order valence-electron chi connectivity index (χ3n) is 2.08. The van der Waals surface area contributed by atoms with Crippen molar-refractivity contribution in [1.29, 1.82) is 0 Å². The third kappa shape index (κ3) is 2.51. The van der Waals surface area contributed by atoms with Gasteiger partial charge in [0.15, 0.2) is 0 Å². The lowest BCUT2D eigenvalue weighted by atomic mass is 10.1. The second-order valence-electron chi connectivity index (χ2n) is 3.24. The molecule has 1 aliphatic heterocycles. The van der Waals surface area contributed by atoms with Crippen molar-refractivity contribution in [1.82, 2.24) is 4.67 Å². The topological polar surface area (TPSA) is 115 Å². The van der Waals surface area contributed by atoms with E-state index >= 15 is 0 Å². The van der Waals surface area contributed by atoms with Crippen LogP contribution in [0.2, 0.25) is 0 Å². The van der Waals surface area contributed by atoms with E-state index in [1.807, 2.05) is 0 Å². The molecule has 1 rings (SSSR count). The zero-order chi connectivity index (χ0) is 10.1. The van der Waals surface area contributed by atoms with Crippen LogP contribution in [0.1, 0.15) is 19.3 Å². The van der Waals surface area contributed by atoms with Crippen molar-refractivity contribution in [2.75, 3.05) is 6.54 Å². The lowest BCUT2D eigenvalue weighted by molar-refractivity contribution is -0.127. The Balaban J connectivity index is 2.83. The SMILES string of the molecule is N[C@H]1CCCCN(P(N)(N)=O)C1=O. The first-order valence-corrected chi connectivity index (χ1v) is 5.97. The highest BCUT2D eigenvalue weighted by Gasteiger charge is 2.31. The molecule has 7 heteroatoms. The van der Waals surface area contributed by atoms with Crippen LogP contribution in [0.4, 0.5) is 0 Å². The predicted octanol–water partition coefficient (Wildman–Crippen LogP) is -0.648. The number of carbonyl (C=O) groups is 1. The molecular weight excluding hydrogens is 191 g/mol. The van der Waals surface area contributed by atoms with Gasteiger partial charge in [-0.05, 0) is 19.3 Å². The molecule has 1 amide bonds. The molecule has 0 aliphatic carbocycles. The van der Waals surface area contributed by atoms with E-state index < -0.39 is 19.5 Å². The standard InChI is InChI=1S/C6H15N4O2P/c7-5-3-1-2-4-10(6(5)11)13(8,9)12/h5H,1-4,7H2,(H4,8,9,12)/t5-/m0/s1. The Kier molecular flexibility index (Phi) is 3.08. The Morgan fingerprint density at radius 2 is 2.00 bits per heavy atom. The summed E-state index contributed by atoms with van der Waals surface area (Å²) in [5, 5.41) is 0. The first-order chi connectivity index (χ1) is 5.93. The summed E-state index contributed by atoms with van der Waals surface area (Å²) in [5.74, 6) is -0.397. The Labute approximate surface area is 77.0 Å². The molecule has 6 nitrogen and oxygen atoms in total. The summed E-state index contributed by atoms with van der Waals surface area (Å²) < 4.78 is 12.3. The van der Waals surface area contributed by atoms with Crippen LogP contribution in [0, 0.1) is 0 Å². The van der Waals surface area contributed by atoms with Crippen LogP contribution in [0.5, 0.6) is 0 Å². The van der Waals surface area contributed by atoms with E-state index in [9.17, 15) is 9.36 Å². The van der Waals surface area contributed by atoms with E-state index in [-0.39, 0.29) is 0 Å². The van der Waals surface area contributed by atoms with Crippen molar-refractivity contribution in [2.24, 2.45) is 16.7 Å². The maximum Gasteiger partial charge on any atom is 0.302 e. The van der Waals surface area contributed by atoms with Crippen molar-refractivity contribution in [3.8, 4) is 0 Å². The zero-order valence-electron chi connectivity index (χ0n) is 7.35. The molecule has 0 aromatic heterocycles. The van der Waals surface area contributed by atoms with Gasteiger partial charge in [0.1, 0.15) is 0 Å². The molecule has 0 radical (unpaired) electrons. The molecule has 0 aromatic rings. The third-order valence-corrected chi connectivity index (χ3v) is 3.24. The quantitative estimate of drug-likeness (QED) is 0.493. The number of carbonyl (C=O) groups excluding carboxylic acids is 1. The zero-order valence-corrected chi connectivity index (χ0v) is 8.24. The molecule has 1 aliphatic rings. The van der Waals surface area contributed by atoms with E-state index in [1.165, 1.54) is 0 Å². The predicted molar refractivity (Wildman–Crippen MR) is 49.5 cm³/mol. The number of hydrogen-bond donors (Lipinski definition) is 3. The van der Waals surface area contributed by atoms with Crippen LogP contribution in [0.3, 0.4) is 0 Å². The lowest BCUT2D eigenvalue weighted by Crippen LogP contribution is -2.43. The van der Waals surface area contributed by atoms with Crippen LogP contribution in [-0.2, 0) is 9.36 Å². The minimum Gasteiger partial charge on any atom is -0.320 e. The Morgan fingerprint density at radius 3 is 2.54 bits per heavy atom. The molecule has 0 saturated carbocycles. The molecule has 1 saturated heterocycles. The minimum absolute atomic E-state index is 0.344. The van der Waals surface area contributed by atoms with Crippen molar-refractivity contribution < 1.29 is 9.36 Å². The highest BCUT2D eigenvalue weighted by Crippen LogP contribution is 2.34.